The minimum Gasteiger partial charge on any atom is -0.393 e. The molecule has 2 N–H and O–H groups in total. The lowest BCUT2D eigenvalue weighted by atomic mass is 9.65. The van der Waals surface area contributed by atoms with Crippen LogP contribution in [0.1, 0.15) is 47.3 Å². The highest BCUT2D eigenvalue weighted by Gasteiger charge is 2.49. The van der Waals surface area contributed by atoms with Gasteiger partial charge in [-0.15, -0.1) is 0 Å². The summed E-state index contributed by atoms with van der Waals surface area (Å²) < 4.78 is 59.8. The average molecular weight is 351 g/mol. The van der Waals surface area contributed by atoms with Crippen molar-refractivity contribution < 1.29 is 26.4 Å². The van der Waals surface area contributed by atoms with Gasteiger partial charge in [0, 0.05) is 8.16 Å². The lowest BCUT2D eigenvalue weighted by Gasteiger charge is -2.40. The summed E-state index contributed by atoms with van der Waals surface area (Å²) in [5.41, 5.74) is 1.42. The molecule has 0 saturated heterocycles. The molecule has 128 valence electrons. The summed E-state index contributed by atoms with van der Waals surface area (Å²) >= 11 is 0. The molecule has 0 heterocycles. The van der Waals surface area contributed by atoms with E-state index in [2.05, 4.69) is 4.18 Å². The number of hydrogen-bond donors (Lipinski definition) is 2. The first-order valence-electron chi connectivity index (χ1n) is 9.34. The maximum absolute atomic E-state index is 11.0. The van der Waals surface area contributed by atoms with E-state index >= 15 is 0 Å². The van der Waals surface area contributed by atoms with Crippen LogP contribution in [-0.4, -0.2) is 24.2 Å². The smallest absolute Gasteiger partial charge is 0.393 e. The molecule has 4 rings (SSSR count). The van der Waals surface area contributed by atoms with Crippen molar-refractivity contribution in [2.24, 2.45) is 5.41 Å². The van der Waals surface area contributed by atoms with E-state index in [1.807, 2.05) is 13.0 Å². The van der Waals surface area contributed by atoms with Gasteiger partial charge >= 0.3 is 10.4 Å². The van der Waals surface area contributed by atoms with Crippen LogP contribution in [0.2, 0.25) is 0 Å². The van der Waals surface area contributed by atoms with Crippen molar-refractivity contribution >= 4 is 21.2 Å². The van der Waals surface area contributed by atoms with Gasteiger partial charge in [-0.25, -0.2) is 0 Å². The van der Waals surface area contributed by atoms with E-state index in [4.69, 9.17) is 8.67 Å². The Bertz CT molecular complexity index is 1050. The van der Waals surface area contributed by atoms with Crippen molar-refractivity contribution in [1.82, 2.24) is 0 Å². The molecule has 1 fully saturated rings. The number of aliphatic hydroxyl groups is 1. The molecular weight excluding hydrogens is 328 g/mol. The highest BCUT2D eigenvalue weighted by Crippen LogP contribution is 2.56. The van der Waals surface area contributed by atoms with Crippen LogP contribution in [0, 0.1) is 5.41 Å². The van der Waals surface area contributed by atoms with Gasteiger partial charge in [-0.3, -0.25) is 4.55 Å². The van der Waals surface area contributed by atoms with Gasteiger partial charge in [-0.05, 0) is 65.6 Å². The van der Waals surface area contributed by atoms with Crippen LogP contribution in [-0.2, 0) is 16.8 Å². The Morgan fingerprint density at radius 3 is 2.92 bits per heavy atom. The third kappa shape index (κ3) is 2.41. The highest BCUT2D eigenvalue weighted by molar-refractivity contribution is 7.81. The first-order valence-corrected chi connectivity index (χ1v) is 9.21. The quantitative estimate of drug-likeness (QED) is 0.812. The minimum atomic E-state index is -4.71. The van der Waals surface area contributed by atoms with Gasteiger partial charge in [-0.2, -0.15) is 8.42 Å². The molecule has 0 spiro atoms. The van der Waals surface area contributed by atoms with Crippen LogP contribution in [0.5, 0.6) is 5.75 Å². The molecule has 1 saturated carbocycles. The van der Waals surface area contributed by atoms with Crippen molar-refractivity contribution in [3.63, 3.8) is 0 Å². The summed E-state index contributed by atoms with van der Waals surface area (Å²) in [6.45, 7) is 1.93. The maximum Gasteiger partial charge on any atom is 0.446 e. The standard InChI is InChI=1S/C18H20O5S/c1-18-9-8-14-13-5-3-12(23-24(20,21)22)10-11(13)2-4-15(14)16(18)6-7-17(18)19/h2-5,10,16-17,19H,6-9H2,1H3,(H,20,21,22)/t16-,17-,18-/m0/s1/i7D2,10D. The molecule has 3 atom stereocenters. The van der Waals surface area contributed by atoms with Crippen molar-refractivity contribution in [3.05, 3.63) is 41.4 Å². The van der Waals surface area contributed by atoms with Gasteiger partial charge in [0.05, 0.1) is 7.47 Å². The second-order valence-corrected chi connectivity index (χ2v) is 7.82. The predicted molar refractivity (Wildman–Crippen MR) is 90.5 cm³/mol. The van der Waals surface area contributed by atoms with E-state index in [9.17, 15) is 13.5 Å². The van der Waals surface area contributed by atoms with Crippen LogP contribution >= 0.6 is 0 Å². The molecule has 2 aliphatic rings. The summed E-state index contributed by atoms with van der Waals surface area (Å²) in [5, 5.41) is 11.8. The number of aliphatic hydroxyl groups excluding tert-OH is 1. The molecule has 2 aliphatic carbocycles. The molecule has 2 aromatic carbocycles. The van der Waals surface area contributed by atoms with E-state index in [0.717, 1.165) is 16.5 Å². The Morgan fingerprint density at radius 1 is 1.38 bits per heavy atom. The first-order chi connectivity index (χ1) is 12.4. The Morgan fingerprint density at radius 2 is 2.17 bits per heavy atom. The Balaban J connectivity index is 1.86. The topological polar surface area (TPSA) is 83.8 Å². The average Bonchev–Trinajstić information content (AvgIpc) is 2.76. The zero-order valence-corrected chi connectivity index (χ0v) is 13.9. The number of benzene rings is 2. The summed E-state index contributed by atoms with van der Waals surface area (Å²) in [4.78, 5) is 0. The lowest BCUT2D eigenvalue weighted by molar-refractivity contribution is 0.0459. The van der Waals surface area contributed by atoms with E-state index in [1.54, 1.807) is 12.1 Å². The molecule has 0 aromatic heterocycles. The minimum absolute atomic E-state index is 0.126. The fraction of sp³-hybridized carbons (Fsp3) is 0.444. The SMILES string of the molecule is [2H]c1c(OS(=O)(=O)O)ccc2c3c(ccc12)[C@@H]1CC([2H])([2H])[C@H](O)[C@@]1(C)CC3. The summed E-state index contributed by atoms with van der Waals surface area (Å²) in [6, 6.07) is 6.40. The van der Waals surface area contributed by atoms with Crippen LogP contribution in [0.15, 0.2) is 30.3 Å². The van der Waals surface area contributed by atoms with E-state index < -0.39 is 28.3 Å². The Kier molecular flexibility index (Phi) is 2.74. The fourth-order valence-electron chi connectivity index (χ4n) is 4.14. The molecule has 0 unspecified atom stereocenters. The van der Waals surface area contributed by atoms with Crippen LogP contribution < -0.4 is 4.18 Å². The molecule has 5 nitrogen and oxygen atoms in total. The number of hydrogen-bond acceptors (Lipinski definition) is 4. The molecule has 0 radical (unpaired) electrons. The first kappa shape index (κ1) is 12.7. The number of aryl methyl sites for hydroxylation is 1. The summed E-state index contributed by atoms with van der Waals surface area (Å²) in [5.74, 6) is -0.378. The largest absolute Gasteiger partial charge is 0.446 e. The zero-order chi connectivity index (χ0) is 19.8. The van der Waals surface area contributed by atoms with Crippen LogP contribution in [0.25, 0.3) is 10.8 Å². The molecule has 2 aromatic rings. The third-order valence-electron chi connectivity index (χ3n) is 5.47. The third-order valence-corrected chi connectivity index (χ3v) is 5.86. The molecule has 6 heteroatoms. The van der Waals surface area contributed by atoms with Gasteiger partial charge in [0.15, 0.2) is 0 Å². The lowest BCUT2D eigenvalue weighted by Crippen LogP contribution is -2.35. The van der Waals surface area contributed by atoms with E-state index in [0.29, 0.717) is 18.2 Å². The van der Waals surface area contributed by atoms with E-state index in [1.165, 1.54) is 6.07 Å². The molecular formula is C18H20O5S. The number of fused-ring (bicyclic) bond motifs is 5. The second-order valence-electron chi connectivity index (χ2n) is 6.80. The Hall–Kier alpha value is -1.63. The molecule has 0 bridgehead atoms. The maximum atomic E-state index is 11.0. The summed E-state index contributed by atoms with van der Waals surface area (Å²) in [6.07, 6.45) is -1.19. The monoisotopic (exact) mass is 351 g/mol. The van der Waals surface area contributed by atoms with Gasteiger partial charge in [0.25, 0.3) is 0 Å². The summed E-state index contributed by atoms with van der Waals surface area (Å²) in [7, 11) is -4.71. The van der Waals surface area contributed by atoms with Crippen molar-refractivity contribution in [3.8, 4) is 5.75 Å². The van der Waals surface area contributed by atoms with Crippen LogP contribution in [0.3, 0.4) is 0 Å². The normalized spacial score (nSPS) is 33.2. The highest BCUT2D eigenvalue weighted by atomic mass is 32.3. The van der Waals surface area contributed by atoms with Crippen molar-refractivity contribution in [2.75, 3.05) is 0 Å². The fourth-order valence-corrected chi connectivity index (χ4v) is 4.46. The van der Waals surface area contributed by atoms with Gasteiger partial charge in [0.2, 0.25) is 0 Å². The van der Waals surface area contributed by atoms with Gasteiger partial charge in [0.1, 0.15) is 5.75 Å². The predicted octanol–water partition coefficient (Wildman–Crippen LogP) is 3.21. The number of rotatable bonds is 2. The van der Waals surface area contributed by atoms with E-state index in [-0.39, 0.29) is 24.1 Å². The molecule has 24 heavy (non-hydrogen) atoms. The zero-order valence-electron chi connectivity index (χ0n) is 16.1. The molecule has 0 aliphatic heterocycles. The second kappa shape index (κ2) is 5.18. The van der Waals surface area contributed by atoms with Crippen molar-refractivity contribution in [2.45, 2.75) is 44.6 Å². The van der Waals surface area contributed by atoms with Crippen molar-refractivity contribution in [1.29, 1.82) is 0 Å². The van der Waals surface area contributed by atoms with Gasteiger partial charge in [-0.1, -0.05) is 25.1 Å². The molecule has 0 amide bonds. The van der Waals surface area contributed by atoms with Crippen LogP contribution in [0.4, 0.5) is 0 Å². The van der Waals surface area contributed by atoms with Gasteiger partial charge < -0.3 is 9.29 Å². The Labute approximate surface area is 145 Å².